The van der Waals surface area contributed by atoms with Gasteiger partial charge < -0.3 is 24.0 Å². The van der Waals surface area contributed by atoms with Gasteiger partial charge in [0.2, 0.25) is 0 Å². The second kappa shape index (κ2) is 16.1. The Bertz CT molecular complexity index is 1700. The molecule has 48 heavy (non-hydrogen) atoms. The monoisotopic (exact) mass is 688 g/mol. The predicted molar refractivity (Wildman–Crippen MR) is 197 cm³/mol. The van der Waals surface area contributed by atoms with Gasteiger partial charge in [-0.2, -0.15) is 0 Å². The zero-order chi connectivity index (χ0) is 33.5. The van der Waals surface area contributed by atoms with Gasteiger partial charge in [-0.15, -0.1) is 23.2 Å². The van der Waals surface area contributed by atoms with Crippen molar-refractivity contribution >= 4 is 57.4 Å². The molecule has 0 spiro atoms. The molecule has 3 aromatic carbocycles. The predicted octanol–water partition coefficient (Wildman–Crippen LogP) is 8.20. The van der Waals surface area contributed by atoms with E-state index in [0.717, 1.165) is 88.1 Å². The summed E-state index contributed by atoms with van der Waals surface area (Å²) in [6.07, 6.45) is 6.73. The van der Waals surface area contributed by atoms with Crippen LogP contribution >= 0.6 is 23.2 Å². The van der Waals surface area contributed by atoms with Gasteiger partial charge in [-0.05, 0) is 80.0 Å². The third kappa shape index (κ3) is 7.32. The minimum atomic E-state index is -0.121. The minimum absolute atomic E-state index is 0.116. The van der Waals surface area contributed by atoms with Gasteiger partial charge in [-0.1, -0.05) is 48.9 Å². The van der Waals surface area contributed by atoms with Crippen LogP contribution in [0.3, 0.4) is 0 Å². The fourth-order valence-corrected chi connectivity index (χ4v) is 7.83. The number of nitrogens with zero attached hydrogens (tertiary/aromatic N) is 4. The minimum Gasteiger partial charge on any atom is -0.466 e. The third-order valence-corrected chi connectivity index (χ3v) is 10.1. The van der Waals surface area contributed by atoms with Crippen molar-refractivity contribution in [3.8, 4) is 0 Å². The van der Waals surface area contributed by atoms with Crippen LogP contribution in [0.15, 0.2) is 72.8 Å². The van der Waals surface area contributed by atoms with E-state index in [1.807, 2.05) is 23.1 Å². The first kappa shape index (κ1) is 34.2. The van der Waals surface area contributed by atoms with Crippen LogP contribution in [-0.2, 0) is 28.9 Å². The number of esters is 1. The fraction of sp³-hybridized carbons (Fsp3) is 0.436. The number of amides is 1. The third-order valence-electron chi connectivity index (χ3n) is 9.80. The van der Waals surface area contributed by atoms with Crippen LogP contribution < -0.4 is 9.80 Å². The number of carbonyl (C=O) groups excluding carboxylic acids is 2. The molecule has 0 aliphatic carbocycles. The summed E-state index contributed by atoms with van der Waals surface area (Å²) in [5, 5.41) is 1.30. The van der Waals surface area contributed by atoms with E-state index in [1.54, 1.807) is 0 Å². The molecule has 0 saturated carbocycles. The molecule has 0 saturated heterocycles. The summed E-state index contributed by atoms with van der Waals surface area (Å²) in [5.74, 6) is 1.12. The van der Waals surface area contributed by atoms with Crippen molar-refractivity contribution in [2.45, 2.75) is 64.1 Å². The summed E-state index contributed by atoms with van der Waals surface area (Å²) in [6, 6.07) is 25.1. The summed E-state index contributed by atoms with van der Waals surface area (Å²) in [4.78, 5) is 32.5. The largest absolute Gasteiger partial charge is 0.466 e. The lowest BCUT2D eigenvalue weighted by atomic mass is 9.96. The number of unbranched alkanes of at least 4 members (excludes halogenated alkanes) is 3. The van der Waals surface area contributed by atoms with Crippen LogP contribution in [0.2, 0.25) is 0 Å². The molecule has 1 amide bonds. The molecule has 4 aromatic rings. The van der Waals surface area contributed by atoms with Gasteiger partial charge in [-0.25, -0.2) is 0 Å². The van der Waals surface area contributed by atoms with Gasteiger partial charge in [0.1, 0.15) is 6.17 Å². The molecule has 0 fully saturated rings. The van der Waals surface area contributed by atoms with Gasteiger partial charge in [-0.3, -0.25) is 9.59 Å². The Morgan fingerprint density at radius 3 is 2.42 bits per heavy atom. The number of benzene rings is 3. The lowest BCUT2D eigenvalue weighted by Crippen LogP contribution is -2.51. The van der Waals surface area contributed by atoms with Gasteiger partial charge in [0.05, 0.1) is 23.6 Å². The highest BCUT2D eigenvalue weighted by molar-refractivity contribution is 6.18. The van der Waals surface area contributed by atoms with Crippen molar-refractivity contribution in [1.29, 1.82) is 0 Å². The van der Waals surface area contributed by atoms with Crippen molar-refractivity contribution in [2.75, 3.05) is 54.8 Å². The Kier molecular flexibility index (Phi) is 11.5. The Hall–Kier alpha value is -3.68. The van der Waals surface area contributed by atoms with Gasteiger partial charge >= 0.3 is 5.97 Å². The summed E-state index contributed by atoms with van der Waals surface area (Å²) < 4.78 is 8.02. The molecule has 2 aliphatic heterocycles. The number of aromatic nitrogens is 1. The van der Waals surface area contributed by atoms with E-state index in [9.17, 15) is 9.59 Å². The normalized spacial score (nSPS) is 15.3. The molecule has 0 N–H and O–H groups in total. The average molecular weight is 690 g/mol. The van der Waals surface area contributed by atoms with E-state index in [2.05, 4.69) is 76.0 Å². The molecule has 3 heterocycles. The highest BCUT2D eigenvalue weighted by Crippen LogP contribution is 2.44. The average Bonchev–Trinajstić information content (AvgIpc) is 3.43. The van der Waals surface area contributed by atoms with Crippen LogP contribution in [0.1, 0.15) is 71.9 Å². The molecule has 9 heteroatoms. The highest BCUT2D eigenvalue weighted by Gasteiger charge is 2.42. The molecule has 254 valence electrons. The number of rotatable bonds is 16. The molecule has 1 atom stereocenters. The first-order valence-electron chi connectivity index (χ1n) is 17.4. The number of fused-ring (bicyclic) bond motifs is 6. The summed E-state index contributed by atoms with van der Waals surface area (Å²) in [5.41, 5.74) is 7.95. The van der Waals surface area contributed by atoms with E-state index in [4.69, 9.17) is 27.9 Å². The summed E-state index contributed by atoms with van der Waals surface area (Å²) in [7, 11) is 2.11. The Morgan fingerprint density at radius 1 is 0.896 bits per heavy atom. The molecular formula is C39H46Cl2N4O3. The number of halogens is 2. The van der Waals surface area contributed by atoms with E-state index in [1.165, 1.54) is 27.7 Å². The van der Waals surface area contributed by atoms with E-state index < -0.39 is 0 Å². The lowest BCUT2D eigenvalue weighted by Gasteiger charge is -2.46. The van der Waals surface area contributed by atoms with Crippen molar-refractivity contribution in [2.24, 2.45) is 0 Å². The maximum atomic E-state index is 13.6. The topological polar surface area (TPSA) is 58.0 Å². The standard InChI is InChI=1S/C39H46Cl2N4O3/c1-42-34-14-6-5-13-33(34)39(47)45-25-21-32-31-12-4-7-15-35(31)44(37(32)38(42)45)24-8-2-3-9-28-48-36(46)16-10-11-29-17-19-30(20-18-29)43(26-22-40)27-23-41/h4-7,12-15,17-20,38H,2-3,8-11,16,21-28H2,1H3. The molecule has 1 unspecified atom stereocenters. The molecule has 6 rings (SSSR count). The fourth-order valence-electron chi connectivity index (χ4n) is 7.42. The second-order valence-corrected chi connectivity index (χ2v) is 13.6. The first-order chi connectivity index (χ1) is 23.5. The number of alkyl halides is 2. The van der Waals surface area contributed by atoms with Gasteiger partial charge in [0.25, 0.3) is 5.91 Å². The quantitative estimate of drug-likeness (QED) is 0.0675. The van der Waals surface area contributed by atoms with Gasteiger partial charge in [0.15, 0.2) is 0 Å². The molecule has 1 aromatic heterocycles. The molecule has 0 bridgehead atoms. The van der Waals surface area contributed by atoms with E-state index in [0.29, 0.717) is 24.8 Å². The van der Waals surface area contributed by atoms with E-state index in [-0.39, 0.29) is 18.0 Å². The lowest BCUT2D eigenvalue weighted by molar-refractivity contribution is -0.143. The Morgan fingerprint density at radius 2 is 1.62 bits per heavy atom. The summed E-state index contributed by atoms with van der Waals surface area (Å²) in [6.45, 7) is 3.61. The summed E-state index contributed by atoms with van der Waals surface area (Å²) >= 11 is 11.9. The van der Waals surface area contributed by atoms with Crippen LogP contribution in [0, 0.1) is 0 Å². The zero-order valence-corrected chi connectivity index (χ0v) is 29.4. The van der Waals surface area contributed by atoms with E-state index >= 15 is 0 Å². The zero-order valence-electron chi connectivity index (χ0n) is 27.9. The van der Waals surface area contributed by atoms with Crippen LogP contribution in [0.25, 0.3) is 10.9 Å². The van der Waals surface area contributed by atoms with Crippen LogP contribution in [0.4, 0.5) is 11.4 Å². The number of hydrogen-bond donors (Lipinski definition) is 0. The molecular weight excluding hydrogens is 643 g/mol. The molecule has 0 radical (unpaired) electrons. The van der Waals surface area contributed by atoms with Crippen LogP contribution in [0.5, 0.6) is 0 Å². The SMILES string of the molecule is CN1c2ccccc2C(=O)N2CCc3c(n(CCCCCCOC(=O)CCCc4ccc(N(CCCl)CCCl)cc4)c4ccccc34)C21. The maximum Gasteiger partial charge on any atom is 0.305 e. The molecule has 7 nitrogen and oxygen atoms in total. The van der Waals surface area contributed by atoms with Crippen molar-refractivity contribution in [3.05, 3.63) is 95.2 Å². The number of aryl methyl sites for hydroxylation is 2. The Labute approximate surface area is 294 Å². The number of ether oxygens (including phenoxy) is 1. The van der Waals surface area contributed by atoms with Crippen LogP contribution in [-0.4, -0.2) is 66.4 Å². The van der Waals surface area contributed by atoms with Crippen molar-refractivity contribution in [3.63, 3.8) is 0 Å². The smallest absolute Gasteiger partial charge is 0.305 e. The Balaban J connectivity index is 0.964. The number of carbonyl (C=O) groups is 2. The number of hydrogen-bond acceptors (Lipinski definition) is 5. The van der Waals surface area contributed by atoms with Crippen molar-refractivity contribution < 1.29 is 14.3 Å². The van der Waals surface area contributed by atoms with Gasteiger partial charge in [0, 0.05) is 68.0 Å². The number of para-hydroxylation sites is 2. The van der Waals surface area contributed by atoms with Crippen molar-refractivity contribution in [1.82, 2.24) is 9.47 Å². The highest BCUT2D eigenvalue weighted by atomic mass is 35.5. The number of anilines is 2. The molecule has 2 aliphatic rings. The maximum absolute atomic E-state index is 13.6. The first-order valence-corrected chi connectivity index (χ1v) is 18.4. The second-order valence-electron chi connectivity index (χ2n) is 12.8.